The molecule has 0 saturated heterocycles. The van der Waals surface area contributed by atoms with Gasteiger partial charge in [0.25, 0.3) is 0 Å². The molecule has 3 heteroatoms. The fraction of sp³-hybridized carbons (Fsp3) is 0.333. The normalized spacial score (nSPS) is 12.3. The molecule has 1 aromatic carbocycles. The van der Waals surface area contributed by atoms with Crippen molar-refractivity contribution in [3.63, 3.8) is 0 Å². The van der Waals surface area contributed by atoms with Crippen molar-refractivity contribution in [2.75, 3.05) is 0 Å². The molecule has 0 amide bonds. The van der Waals surface area contributed by atoms with Gasteiger partial charge in [0.1, 0.15) is 0 Å². The Morgan fingerprint density at radius 1 is 1.33 bits per heavy atom. The van der Waals surface area contributed by atoms with E-state index in [0.29, 0.717) is 0 Å². The fourth-order valence-corrected chi connectivity index (χ4v) is 2.49. The van der Waals surface area contributed by atoms with E-state index in [2.05, 4.69) is 40.0 Å². The fourth-order valence-electron chi connectivity index (χ4n) is 2.13. The summed E-state index contributed by atoms with van der Waals surface area (Å²) in [5.41, 5.74) is 9.35. The van der Waals surface area contributed by atoms with Crippen LogP contribution in [0.3, 0.4) is 0 Å². The highest BCUT2D eigenvalue weighted by molar-refractivity contribution is 9.10. The van der Waals surface area contributed by atoms with Gasteiger partial charge >= 0.3 is 0 Å². The summed E-state index contributed by atoms with van der Waals surface area (Å²) in [5.74, 6) is 0. The van der Waals surface area contributed by atoms with E-state index in [-0.39, 0.29) is 5.54 Å². The van der Waals surface area contributed by atoms with Gasteiger partial charge in [-0.3, -0.25) is 0 Å². The van der Waals surface area contributed by atoms with Crippen LogP contribution in [0.5, 0.6) is 0 Å². The third-order valence-corrected chi connectivity index (χ3v) is 3.09. The van der Waals surface area contributed by atoms with Crippen LogP contribution in [0, 0.1) is 6.92 Å². The van der Waals surface area contributed by atoms with E-state index in [1.54, 1.807) is 0 Å². The molecule has 0 atom stereocenters. The molecule has 0 aliphatic rings. The standard InChI is InChI=1S/C12H15BrN2/c1-7-11(12(2,3)14)9-6-8(13)4-5-10(9)15-7/h4-6,15H,14H2,1-3H3. The summed E-state index contributed by atoms with van der Waals surface area (Å²) in [4.78, 5) is 3.36. The number of benzene rings is 1. The van der Waals surface area contributed by atoms with Crippen molar-refractivity contribution in [1.29, 1.82) is 0 Å². The molecule has 0 saturated carbocycles. The first-order chi connectivity index (χ1) is 6.89. The Bertz CT molecular complexity index is 506. The number of rotatable bonds is 1. The molecular formula is C12H15BrN2. The van der Waals surface area contributed by atoms with Crippen molar-refractivity contribution in [3.05, 3.63) is 33.9 Å². The molecule has 2 aromatic rings. The average molecular weight is 267 g/mol. The Labute approximate surface area is 98.0 Å². The lowest BCUT2D eigenvalue weighted by Gasteiger charge is -2.19. The Morgan fingerprint density at radius 2 is 2.00 bits per heavy atom. The number of aryl methyl sites for hydroxylation is 1. The van der Waals surface area contributed by atoms with Crippen LogP contribution in [0.4, 0.5) is 0 Å². The number of nitrogens with one attached hydrogen (secondary N) is 1. The second kappa shape index (κ2) is 3.35. The minimum Gasteiger partial charge on any atom is -0.358 e. The first-order valence-electron chi connectivity index (χ1n) is 4.97. The van der Waals surface area contributed by atoms with Crippen LogP contribution in [0.2, 0.25) is 0 Å². The first kappa shape index (κ1) is 10.7. The molecule has 2 nitrogen and oxygen atoms in total. The second-order valence-corrected chi connectivity index (χ2v) is 5.45. The van der Waals surface area contributed by atoms with Crippen LogP contribution in [0.1, 0.15) is 25.1 Å². The predicted molar refractivity (Wildman–Crippen MR) is 67.9 cm³/mol. The van der Waals surface area contributed by atoms with E-state index < -0.39 is 0 Å². The molecule has 3 N–H and O–H groups in total. The number of aromatic amines is 1. The van der Waals surface area contributed by atoms with E-state index in [0.717, 1.165) is 15.7 Å². The minimum atomic E-state index is -0.316. The number of H-pyrrole nitrogens is 1. The highest BCUT2D eigenvalue weighted by Crippen LogP contribution is 2.31. The van der Waals surface area contributed by atoms with Crippen molar-refractivity contribution in [3.8, 4) is 0 Å². The molecule has 0 unspecified atom stereocenters. The SMILES string of the molecule is Cc1[nH]c2ccc(Br)cc2c1C(C)(C)N. The number of fused-ring (bicyclic) bond motifs is 1. The van der Waals surface area contributed by atoms with Crippen molar-refractivity contribution < 1.29 is 0 Å². The molecular weight excluding hydrogens is 252 g/mol. The summed E-state index contributed by atoms with van der Waals surface area (Å²) in [7, 11) is 0. The lowest BCUT2D eigenvalue weighted by atomic mass is 9.93. The highest BCUT2D eigenvalue weighted by Gasteiger charge is 2.21. The number of halogens is 1. The predicted octanol–water partition coefficient (Wildman–Crippen LogP) is 3.43. The van der Waals surface area contributed by atoms with Crippen LogP contribution in [-0.2, 0) is 5.54 Å². The lowest BCUT2D eigenvalue weighted by molar-refractivity contribution is 0.555. The molecule has 0 bridgehead atoms. The largest absolute Gasteiger partial charge is 0.358 e. The maximum Gasteiger partial charge on any atom is 0.0460 e. The average Bonchev–Trinajstić information content (AvgIpc) is 2.38. The van der Waals surface area contributed by atoms with Gasteiger partial charge < -0.3 is 10.7 Å². The third-order valence-electron chi connectivity index (χ3n) is 2.59. The molecule has 0 fully saturated rings. The van der Waals surface area contributed by atoms with Gasteiger partial charge in [-0.25, -0.2) is 0 Å². The third kappa shape index (κ3) is 1.82. The lowest BCUT2D eigenvalue weighted by Crippen LogP contribution is -2.29. The summed E-state index contributed by atoms with van der Waals surface area (Å²) in [6, 6.07) is 6.22. The Morgan fingerprint density at radius 3 is 2.60 bits per heavy atom. The topological polar surface area (TPSA) is 41.8 Å². The smallest absolute Gasteiger partial charge is 0.0460 e. The minimum absolute atomic E-state index is 0.316. The summed E-state index contributed by atoms with van der Waals surface area (Å²) in [5, 5.41) is 1.20. The van der Waals surface area contributed by atoms with Gasteiger partial charge in [0.05, 0.1) is 0 Å². The summed E-state index contributed by atoms with van der Waals surface area (Å²) >= 11 is 3.49. The molecule has 2 rings (SSSR count). The van der Waals surface area contributed by atoms with E-state index in [4.69, 9.17) is 5.73 Å². The van der Waals surface area contributed by atoms with Crippen LogP contribution < -0.4 is 5.73 Å². The monoisotopic (exact) mass is 266 g/mol. The molecule has 1 heterocycles. The van der Waals surface area contributed by atoms with Crippen molar-refractivity contribution >= 4 is 26.8 Å². The number of hydrogen-bond acceptors (Lipinski definition) is 1. The van der Waals surface area contributed by atoms with Crippen LogP contribution in [0.25, 0.3) is 10.9 Å². The van der Waals surface area contributed by atoms with Crippen molar-refractivity contribution in [1.82, 2.24) is 4.98 Å². The van der Waals surface area contributed by atoms with Gasteiger partial charge in [0, 0.05) is 26.6 Å². The maximum atomic E-state index is 6.18. The van der Waals surface area contributed by atoms with Gasteiger partial charge in [0.15, 0.2) is 0 Å². The van der Waals surface area contributed by atoms with Crippen molar-refractivity contribution in [2.45, 2.75) is 26.3 Å². The van der Waals surface area contributed by atoms with Gasteiger partial charge in [0.2, 0.25) is 0 Å². The first-order valence-corrected chi connectivity index (χ1v) is 5.76. The quantitative estimate of drug-likeness (QED) is 0.816. The molecule has 80 valence electrons. The van der Waals surface area contributed by atoms with Gasteiger partial charge in [-0.05, 0) is 44.5 Å². The molecule has 15 heavy (non-hydrogen) atoms. The van der Waals surface area contributed by atoms with Crippen LogP contribution >= 0.6 is 15.9 Å². The van der Waals surface area contributed by atoms with E-state index >= 15 is 0 Å². The summed E-state index contributed by atoms with van der Waals surface area (Å²) < 4.78 is 1.08. The van der Waals surface area contributed by atoms with Gasteiger partial charge in [-0.15, -0.1) is 0 Å². The highest BCUT2D eigenvalue weighted by atomic mass is 79.9. The molecule has 0 aliphatic carbocycles. The van der Waals surface area contributed by atoms with Gasteiger partial charge in [-0.1, -0.05) is 15.9 Å². The zero-order valence-electron chi connectivity index (χ0n) is 9.19. The number of nitrogens with two attached hydrogens (primary N) is 1. The molecule has 0 radical (unpaired) electrons. The van der Waals surface area contributed by atoms with E-state index in [1.807, 2.05) is 19.9 Å². The molecule has 0 aliphatic heterocycles. The number of aromatic nitrogens is 1. The Hall–Kier alpha value is -0.800. The Balaban J connectivity index is 2.82. The van der Waals surface area contributed by atoms with E-state index in [9.17, 15) is 0 Å². The second-order valence-electron chi connectivity index (χ2n) is 4.54. The van der Waals surface area contributed by atoms with Gasteiger partial charge in [-0.2, -0.15) is 0 Å². The Kier molecular flexibility index (Phi) is 2.40. The maximum absolute atomic E-state index is 6.18. The molecule has 1 aromatic heterocycles. The molecule has 0 spiro atoms. The zero-order chi connectivity index (χ0) is 11.2. The number of hydrogen-bond donors (Lipinski definition) is 2. The zero-order valence-corrected chi connectivity index (χ0v) is 10.8. The summed E-state index contributed by atoms with van der Waals surface area (Å²) in [6.07, 6.45) is 0. The van der Waals surface area contributed by atoms with Crippen LogP contribution in [-0.4, -0.2) is 4.98 Å². The van der Waals surface area contributed by atoms with Crippen LogP contribution in [0.15, 0.2) is 22.7 Å². The van der Waals surface area contributed by atoms with Crippen molar-refractivity contribution in [2.24, 2.45) is 5.73 Å². The summed E-state index contributed by atoms with van der Waals surface area (Å²) in [6.45, 7) is 6.13. The van der Waals surface area contributed by atoms with E-state index in [1.165, 1.54) is 10.9 Å².